The van der Waals surface area contributed by atoms with Crippen molar-refractivity contribution in [2.45, 2.75) is 26.8 Å². The van der Waals surface area contributed by atoms with Gasteiger partial charge in [0.15, 0.2) is 11.8 Å². The molecule has 0 saturated heterocycles. The normalized spacial score (nSPS) is 11.1. The molecule has 2 rings (SSSR count). The summed E-state index contributed by atoms with van der Waals surface area (Å²) in [4.78, 5) is 4.55. The molecule has 0 saturated carbocycles. The van der Waals surface area contributed by atoms with Crippen molar-refractivity contribution in [1.29, 1.82) is 0 Å². The van der Waals surface area contributed by atoms with E-state index in [-0.39, 0.29) is 24.0 Å². The van der Waals surface area contributed by atoms with Crippen molar-refractivity contribution in [1.82, 2.24) is 25.4 Å². The fourth-order valence-corrected chi connectivity index (χ4v) is 2.31. The molecule has 0 bridgehead atoms. The molecule has 0 fully saturated rings. The van der Waals surface area contributed by atoms with Crippen molar-refractivity contribution in [3.63, 3.8) is 0 Å². The molecule has 1 aromatic carbocycles. The van der Waals surface area contributed by atoms with Crippen LogP contribution in [0.3, 0.4) is 0 Å². The summed E-state index contributed by atoms with van der Waals surface area (Å²) in [7, 11) is 1.94. The molecule has 2 aromatic rings. The first-order chi connectivity index (χ1) is 11.1. The molecule has 2 N–H and O–H groups in total. The van der Waals surface area contributed by atoms with Crippen LogP contribution in [-0.4, -0.2) is 33.8 Å². The lowest BCUT2D eigenvalue weighted by Gasteiger charge is -2.11. The van der Waals surface area contributed by atoms with Gasteiger partial charge in [0, 0.05) is 25.2 Å². The summed E-state index contributed by atoms with van der Waals surface area (Å²) in [5.74, 6) is 2.50. The molecule has 0 aliphatic rings. The van der Waals surface area contributed by atoms with Crippen LogP contribution in [-0.2, 0) is 20.0 Å². The van der Waals surface area contributed by atoms with Crippen molar-refractivity contribution in [3.8, 4) is 0 Å². The van der Waals surface area contributed by atoms with Crippen LogP contribution in [0.2, 0.25) is 5.02 Å². The summed E-state index contributed by atoms with van der Waals surface area (Å²) < 4.78 is 1.94. The fraction of sp³-hybridized carbons (Fsp3) is 0.438. The lowest BCUT2D eigenvalue weighted by Crippen LogP contribution is -2.38. The van der Waals surface area contributed by atoms with E-state index in [0.29, 0.717) is 6.54 Å². The Hall–Kier alpha value is -1.35. The second-order valence-corrected chi connectivity index (χ2v) is 5.66. The van der Waals surface area contributed by atoms with E-state index < -0.39 is 0 Å². The van der Waals surface area contributed by atoms with Crippen LogP contribution in [0.15, 0.2) is 29.3 Å². The van der Waals surface area contributed by atoms with Gasteiger partial charge in [-0.2, -0.15) is 0 Å². The van der Waals surface area contributed by atoms with Gasteiger partial charge in [0.05, 0.1) is 0 Å². The average Bonchev–Trinajstić information content (AvgIpc) is 2.84. The maximum absolute atomic E-state index is 6.00. The minimum Gasteiger partial charge on any atom is -0.357 e. The molecule has 0 spiro atoms. The highest BCUT2D eigenvalue weighted by Gasteiger charge is 2.04. The number of aromatic nitrogens is 3. The second kappa shape index (κ2) is 10.5. The molecule has 24 heavy (non-hydrogen) atoms. The number of aliphatic imine (C=N–C) groups is 1. The molecule has 0 amide bonds. The summed E-state index contributed by atoms with van der Waals surface area (Å²) in [6, 6.07) is 7.90. The van der Waals surface area contributed by atoms with Crippen LogP contribution in [0, 0.1) is 6.92 Å². The van der Waals surface area contributed by atoms with Crippen LogP contribution >= 0.6 is 35.6 Å². The molecule has 8 heteroatoms. The van der Waals surface area contributed by atoms with E-state index in [2.05, 4.69) is 31.9 Å². The Kier molecular flexibility index (Phi) is 9.05. The van der Waals surface area contributed by atoms with E-state index in [1.54, 1.807) is 0 Å². The van der Waals surface area contributed by atoms with E-state index >= 15 is 0 Å². The van der Waals surface area contributed by atoms with Crippen LogP contribution in [0.25, 0.3) is 0 Å². The van der Waals surface area contributed by atoms with Gasteiger partial charge in [-0.3, -0.25) is 0 Å². The molecule has 0 aliphatic carbocycles. The zero-order valence-corrected chi connectivity index (χ0v) is 17.3. The molecule has 1 heterocycles. The Morgan fingerprint density at radius 3 is 2.71 bits per heavy atom. The van der Waals surface area contributed by atoms with Crippen molar-refractivity contribution in [3.05, 3.63) is 46.5 Å². The van der Waals surface area contributed by atoms with Crippen LogP contribution < -0.4 is 10.6 Å². The maximum Gasteiger partial charge on any atom is 0.191 e. The number of halogens is 2. The molecule has 0 unspecified atom stereocenters. The van der Waals surface area contributed by atoms with Crippen LogP contribution in [0.1, 0.15) is 24.1 Å². The molecule has 0 aliphatic heterocycles. The zero-order chi connectivity index (χ0) is 16.7. The number of hydrogen-bond donors (Lipinski definition) is 2. The average molecular weight is 463 g/mol. The van der Waals surface area contributed by atoms with Crippen molar-refractivity contribution in [2.24, 2.45) is 12.0 Å². The number of rotatable bonds is 6. The Labute approximate surface area is 165 Å². The molecule has 1 aromatic heterocycles. The first kappa shape index (κ1) is 20.7. The standard InChI is InChI=1S/C16H23ClN6.HI/c1-4-18-16(20-11-15-22-21-12(2)23(15)3)19-9-8-13-6-5-7-14(17)10-13;/h5-7,10H,4,8-9,11H2,1-3H3,(H2,18,19,20);1H. The summed E-state index contributed by atoms with van der Waals surface area (Å²) in [6.07, 6.45) is 0.883. The van der Waals surface area contributed by atoms with E-state index in [9.17, 15) is 0 Å². The predicted octanol–water partition coefficient (Wildman–Crippen LogP) is 2.69. The molecule has 0 atom stereocenters. The van der Waals surface area contributed by atoms with Gasteiger partial charge in [0.2, 0.25) is 0 Å². The number of guanidine groups is 1. The van der Waals surface area contributed by atoms with Crippen molar-refractivity contribution >= 4 is 41.5 Å². The Balaban J connectivity index is 0.00000288. The Morgan fingerprint density at radius 2 is 2.08 bits per heavy atom. The summed E-state index contributed by atoms with van der Waals surface area (Å²) in [5.41, 5.74) is 1.20. The van der Waals surface area contributed by atoms with E-state index in [4.69, 9.17) is 11.6 Å². The number of aryl methyl sites for hydroxylation is 1. The minimum atomic E-state index is 0. The lowest BCUT2D eigenvalue weighted by molar-refractivity contribution is 0.753. The van der Waals surface area contributed by atoms with Gasteiger partial charge in [-0.1, -0.05) is 23.7 Å². The zero-order valence-electron chi connectivity index (χ0n) is 14.2. The van der Waals surface area contributed by atoms with Gasteiger partial charge >= 0.3 is 0 Å². The maximum atomic E-state index is 6.00. The van der Waals surface area contributed by atoms with E-state index in [1.165, 1.54) is 5.56 Å². The largest absolute Gasteiger partial charge is 0.357 e. The van der Waals surface area contributed by atoms with E-state index in [0.717, 1.165) is 42.1 Å². The number of benzene rings is 1. The van der Waals surface area contributed by atoms with E-state index in [1.807, 2.05) is 43.7 Å². The first-order valence-electron chi connectivity index (χ1n) is 7.71. The van der Waals surface area contributed by atoms with Crippen LogP contribution in [0.4, 0.5) is 0 Å². The molecule has 0 radical (unpaired) electrons. The first-order valence-corrected chi connectivity index (χ1v) is 8.09. The molecule has 6 nitrogen and oxygen atoms in total. The number of nitrogens with zero attached hydrogens (tertiary/aromatic N) is 4. The fourth-order valence-electron chi connectivity index (χ4n) is 2.10. The third-order valence-electron chi connectivity index (χ3n) is 3.50. The number of hydrogen-bond acceptors (Lipinski definition) is 3. The highest BCUT2D eigenvalue weighted by molar-refractivity contribution is 14.0. The predicted molar refractivity (Wildman–Crippen MR) is 109 cm³/mol. The van der Waals surface area contributed by atoms with Gasteiger partial charge in [-0.25, -0.2) is 4.99 Å². The smallest absolute Gasteiger partial charge is 0.191 e. The van der Waals surface area contributed by atoms with Gasteiger partial charge in [-0.05, 0) is 38.0 Å². The monoisotopic (exact) mass is 462 g/mol. The summed E-state index contributed by atoms with van der Waals surface area (Å²) in [6.45, 7) is 6.05. The highest BCUT2D eigenvalue weighted by atomic mass is 127. The highest BCUT2D eigenvalue weighted by Crippen LogP contribution is 2.10. The van der Waals surface area contributed by atoms with Crippen LogP contribution in [0.5, 0.6) is 0 Å². The Bertz CT molecular complexity index is 670. The second-order valence-electron chi connectivity index (χ2n) is 5.22. The van der Waals surface area contributed by atoms with Gasteiger partial charge in [-0.15, -0.1) is 34.2 Å². The minimum absolute atomic E-state index is 0. The number of nitrogens with one attached hydrogen (secondary N) is 2. The van der Waals surface area contributed by atoms with Gasteiger partial charge in [0.1, 0.15) is 12.4 Å². The summed E-state index contributed by atoms with van der Waals surface area (Å²) >= 11 is 6.00. The lowest BCUT2D eigenvalue weighted by atomic mass is 10.1. The molecular formula is C16H24ClIN6. The van der Waals surface area contributed by atoms with Gasteiger partial charge < -0.3 is 15.2 Å². The molecular weight excluding hydrogens is 439 g/mol. The molecule has 132 valence electrons. The summed E-state index contributed by atoms with van der Waals surface area (Å²) in [5, 5.41) is 15.5. The third-order valence-corrected chi connectivity index (χ3v) is 3.74. The Morgan fingerprint density at radius 1 is 1.29 bits per heavy atom. The van der Waals surface area contributed by atoms with Crippen molar-refractivity contribution < 1.29 is 0 Å². The third kappa shape index (κ3) is 6.27. The topological polar surface area (TPSA) is 67.1 Å². The SMILES string of the molecule is CCNC(=NCc1nnc(C)n1C)NCCc1cccc(Cl)c1.I. The van der Waals surface area contributed by atoms with Crippen molar-refractivity contribution in [2.75, 3.05) is 13.1 Å². The quantitative estimate of drug-likeness (QED) is 0.393. The van der Waals surface area contributed by atoms with Gasteiger partial charge in [0.25, 0.3) is 0 Å².